The monoisotopic (exact) mass is 344 g/mol. The number of aromatic nitrogens is 2. The smallest absolute Gasteiger partial charge is 0.144 e. The van der Waals surface area contributed by atoms with Crippen LogP contribution in [0.3, 0.4) is 0 Å². The number of rotatable bonds is 5. The minimum absolute atomic E-state index is 0.245. The van der Waals surface area contributed by atoms with E-state index in [1.807, 2.05) is 6.92 Å². The molecule has 1 N–H and O–H groups in total. The van der Waals surface area contributed by atoms with Gasteiger partial charge in [-0.15, -0.1) is 0 Å². The summed E-state index contributed by atoms with van der Waals surface area (Å²) in [6, 6.07) is 0. The molecule has 0 radical (unpaired) electrons. The second-order valence-corrected chi connectivity index (χ2v) is 6.25. The maximum Gasteiger partial charge on any atom is 0.144 e. The Morgan fingerprint density at radius 3 is 2.63 bits per heavy atom. The first kappa shape index (κ1) is 15.1. The zero-order chi connectivity index (χ0) is 13.9. The van der Waals surface area contributed by atoms with E-state index in [0.717, 1.165) is 41.7 Å². The third-order valence-corrected chi connectivity index (χ3v) is 5.11. The Balaban J connectivity index is 2.45. The van der Waals surface area contributed by atoms with Gasteiger partial charge in [-0.1, -0.05) is 25.6 Å². The third-order valence-electron chi connectivity index (χ3n) is 3.70. The first-order valence-electron chi connectivity index (χ1n) is 7.06. The summed E-state index contributed by atoms with van der Waals surface area (Å²) in [4.78, 5) is 8.05. The summed E-state index contributed by atoms with van der Waals surface area (Å²) in [5.41, 5.74) is 0.898. The average molecular weight is 345 g/mol. The molecule has 1 heterocycles. The fraction of sp³-hybridized carbons (Fsp3) is 0.714. The van der Waals surface area contributed by atoms with Crippen LogP contribution >= 0.6 is 28.1 Å². The maximum atomic E-state index is 6.05. The predicted octanol–water partition coefficient (Wildman–Crippen LogP) is 4.66. The molecule has 0 saturated heterocycles. The lowest BCUT2D eigenvalue weighted by molar-refractivity contribution is -0.0459. The van der Waals surface area contributed by atoms with Crippen LogP contribution in [0.1, 0.15) is 57.5 Å². The SMILES string of the molecule is CCCc1[nH]c(C2(OCC)CCCC2)nc(=S)c1Br. The van der Waals surface area contributed by atoms with Crippen molar-refractivity contribution in [2.24, 2.45) is 0 Å². The van der Waals surface area contributed by atoms with Crippen LogP contribution in [-0.2, 0) is 16.8 Å². The Bertz CT molecular complexity index is 495. The molecule has 1 aliphatic rings. The fourth-order valence-corrected chi connectivity index (χ4v) is 3.42. The summed E-state index contributed by atoms with van der Waals surface area (Å²) in [5.74, 6) is 0.920. The quantitative estimate of drug-likeness (QED) is 0.789. The lowest BCUT2D eigenvalue weighted by Gasteiger charge is -2.28. The maximum absolute atomic E-state index is 6.05. The highest BCUT2D eigenvalue weighted by Gasteiger charge is 2.39. The van der Waals surface area contributed by atoms with Gasteiger partial charge >= 0.3 is 0 Å². The molecule has 0 aromatic carbocycles. The van der Waals surface area contributed by atoms with Crippen molar-refractivity contribution in [1.82, 2.24) is 9.97 Å². The number of H-pyrrole nitrogens is 1. The summed E-state index contributed by atoms with van der Waals surface area (Å²) in [6.45, 7) is 4.92. The predicted molar refractivity (Wildman–Crippen MR) is 82.9 cm³/mol. The molecular formula is C14H21BrN2OS. The summed E-state index contributed by atoms with van der Waals surface area (Å²) in [6.07, 6.45) is 6.51. The Morgan fingerprint density at radius 2 is 2.05 bits per heavy atom. The van der Waals surface area contributed by atoms with Crippen LogP contribution in [-0.4, -0.2) is 16.6 Å². The molecule has 1 aliphatic carbocycles. The molecule has 19 heavy (non-hydrogen) atoms. The van der Waals surface area contributed by atoms with Gasteiger partial charge in [0.15, 0.2) is 0 Å². The molecule has 3 nitrogen and oxygen atoms in total. The molecule has 1 saturated carbocycles. The van der Waals surface area contributed by atoms with E-state index in [0.29, 0.717) is 11.2 Å². The molecular weight excluding hydrogens is 324 g/mol. The van der Waals surface area contributed by atoms with Crippen molar-refractivity contribution in [2.75, 3.05) is 6.61 Å². The van der Waals surface area contributed by atoms with E-state index in [4.69, 9.17) is 17.0 Å². The van der Waals surface area contributed by atoms with E-state index < -0.39 is 0 Å². The standard InChI is InChI=1S/C14H21BrN2OS/c1-3-7-10-11(15)12(19)17-13(16-10)14(18-4-2)8-5-6-9-14/h3-9H2,1-2H3,(H,16,17,19). The van der Waals surface area contributed by atoms with E-state index in [1.54, 1.807) is 0 Å². The molecule has 0 amide bonds. The van der Waals surface area contributed by atoms with Crippen molar-refractivity contribution in [1.29, 1.82) is 0 Å². The van der Waals surface area contributed by atoms with Crippen LogP contribution in [0, 0.1) is 4.64 Å². The molecule has 0 unspecified atom stereocenters. The molecule has 2 rings (SSSR count). The topological polar surface area (TPSA) is 37.9 Å². The van der Waals surface area contributed by atoms with E-state index in [2.05, 4.69) is 32.8 Å². The molecule has 0 atom stereocenters. The van der Waals surface area contributed by atoms with E-state index in [9.17, 15) is 0 Å². The van der Waals surface area contributed by atoms with Crippen molar-refractivity contribution in [3.05, 3.63) is 20.6 Å². The summed E-state index contributed by atoms with van der Waals surface area (Å²) >= 11 is 8.92. The minimum atomic E-state index is -0.245. The van der Waals surface area contributed by atoms with Crippen LogP contribution in [0.5, 0.6) is 0 Å². The van der Waals surface area contributed by atoms with Crippen molar-refractivity contribution < 1.29 is 4.74 Å². The first-order valence-corrected chi connectivity index (χ1v) is 8.26. The van der Waals surface area contributed by atoms with Gasteiger partial charge in [0.2, 0.25) is 0 Å². The fourth-order valence-electron chi connectivity index (χ4n) is 2.82. The van der Waals surface area contributed by atoms with E-state index >= 15 is 0 Å². The largest absolute Gasteiger partial charge is 0.367 e. The summed E-state index contributed by atoms with van der Waals surface area (Å²) in [7, 11) is 0. The van der Waals surface area contributed by atoms with E-state index in [1.165, 1.54) is 12.8 Å². The van der Waals surface area contributed by atoms with Crippen molar-refractivity contribution in [2.45, 2.75) is 58.0 Å². The molecule has 0 spiro atoms. The molecule has 1 aromatic heterocycles. The highest BCUT2D eigenvalue weighted by Crippen LogP contribution is 2.41. The summed E-state index contributed by atoms with van der Waals surface area (Å²) < 4.78 is 7.62. The minimum Gasteiger partial charge on any atom is -0.367 e. The van der Waals surface area contributed by atoms with Crippen molar-refractivity contribution in [3.63, 3.8) is 0 Å². The van der Waals surface area contributed by atoms with Gasteiger partial charge in [0, 0.05) is 12.3 Å². The normalized spacial score (nSPS) is 17.8. The summed E-state index contributed by atoms with van der Waals surface area (Å²) in [5, 5.41) is 0. The van der Waals surface area contributed by atoms with Gasteiger partial charge in [-0.2, -0.15) is 0 Å². The second-order valence-electron chi connectivity index (χ2n) is 5.07. The van der Waals surface area contributed by atoms with Gasteiger partial charge in [0.25, 0.3) is 0 Å². The molecule has 5 heteroatoms. The number of nitrogens with one attached hydrogen (secondary N) is 1. The Kier molecular flexibility index (Phi) is 5.15. The van der Waals surface area contributed by atoms with Crippen LogP contribution in [0.2, 0.25) is 0 Å². The van der Waals surface area contributed by atoms with Gasteiger partial charge in [-0.05, 0) is 55.0 Å². The zero-order valence-corrected chi connectivity index (χ0v) is 14.0. The van der Waals surface area contributed by atoms with E-state index in [-0.39, 0.29) is 5.60 Å². The van der Waals surface area contributed by atoms with Gasteiger partial charge in [-0.25, -0.2) is 4.98 Å². The van der Waals surface area contributed by atoms with Gasteiger partial charge in [0.05, 0.1) is 4.47 Å². The number of aryl methyl sites for hydroxylation is 1. The highest BCUT2D eigenvalue weighted by molar-refractivity contribution is 9.10. The third kappa shape index (κ3) is 3.09. The molecule has 0 aliphatic heterocycles. The first-order chi connectivity index (χ1) is 9.13. The van der Waals surface area contributed by atoms with Gasteiger partial charge in [0.1, 0.15) is 16.1 Å². The molecule has 106 valence electrons. The lowest BCUT2D eigenvalue weighted by atomic mass is 10.0. The second kappa shape index (κ2) is 6.46. The Morgan fingerprint density at radius 1 is 1.37 bits per heavy atom. The lowest BCUT2D eigenvalue weighted by Crippen LogP contribution is -2.29. The number of nitrogens with zero attached hydrogens (tertiary/aromatic N) is 1. The van der Waals surface area contributed by atoms with Crippen LogP contribution in [0.25, 0.3) is 0 Å². The average Bonchev–Trinajstić information content (AvgIpc) is 2.85. The van der Waals surface area contributed by atoms with Gasteiger partial charge < -0.3 is 9.72 Å². The molecule has 0 bridgehead atoms. The number of aromatic amines is 1. The van der Waals surface area contributed by atoms with Crippen LogP contribution in [0.15, 0.2) is 4.47 Å². The number of halogens is 1. The Hall–Kier alpha value is -0.260. The Labute approximate surface area is 128 Å². The number of hydrogen-bond donors (Lipinski definition) is 1. The van der Waals surface area contributed by atoms with Crippen LogP contribution in [0.4, 0.5) is 0 Å². The van der Waals surface area contributed by atoms with Gasteiger partial charge in [-0.3, -0.25) is 0 Å². The zero-order valence-electron chi connectivity index (χ0n) is 11.6. The molecule has 1 aromatic rings. The number of hydrogen-bond acceptors (Lipinski definition) is 3. The highest BCUT2D eigenvalue weighted by atomic mass is 79.9. The molecule has 1 fully saturated rings. The number of ether oxygens (including phenoxy) is 1. The van der Waals surface area contributed by atoms with Crippen molar-refractivity contribution >= 4 is 28.1 Å². The van der Waals surface area contributed by atoms with Crippen LogP contribution < -0.4 is 0 Å². The van der Waals surface area contributed by atoms with Crippen molar-refractivity contribution in [3.8, 4) is 0 Å².